The van der Waals surface area contributed by atoms with Gasteiger partial charge in [0, 0.05) is 39.5 Å². The molecule has 14 heteroatoms. The predicted octanol–water partition coefficient (Wildman–Crippen LogP) is 3.67. The van der Waals surface area contributed by atoms with Gasteiger partial charge in [-0.15, -0.1) is 0 Å². The second kappa shape index (κ2) is 20.6. The Morgan fingerprint density at radius 1 is 1.04 bits per heavy atom. The number of aliphatic hydroxyl groups excluding tert-OH is 1. The second-order valence-corrected chi connectivity index (χ2v) is 16.7. The van der Waals surface area contributed by atoms with E-state index in [1.54, 1.807) is 33.1 Å². The Kier molecular flexibility index (Phi) is 16.8. The Balaban J connectivity index is 1.43. The van der Waals surface area contributed by atoms with Crippen molar-refractivity contribution >= 4 is 52.2 Å². The molecule has 0 spiro atoms. The van der Waals surface area contributed by atoms with E-state index in [1.165, 1.54) is 0 Å². The molecule has 10 unspecified atom stereocenters. The van der Waals surface area contributed by atoms with Crippen LogP contribution in [0.15, 0.2) is 24.3 Å². The van der Waals surface area contributed by atoms with E-state index >= 15 is 0 Å². The molecule has 1 aromatic carbocycles. The molecule has 54 heavy (non-hydrogen) atoms. The van der Waals surface area contributed by atoms with Crippen molar-refractivity contribution in [2.75, 3.05) is 37.9 Å². The van der Waals surface area contributed by atoms with Gasteiger partial charge in [0.25, 0.3) is 0 Å². The number of likely N-dealkylation sites (N-methyl/N-ethyl adjacent to an activating group) is 1. The summed E-state index contributed by atoms with van der Waals surface area (Å²) in [7, 11) is 4.90. The Bertz CT molecular complexity index is 1400. The minimum absolute atomic E-state index is 0.00220. The van der Waals surface area contributed by atoms with Crippen molar-refractivity contribution < 1.29 is 33.8 Å². The molecule has 0 aromatic heterocycles. The zero-order valence-electron chi connectivity index (χ0n) is 33.5. The van der Waals surface area contributed by atoms with Crippen molar-refractivity contribution in [3.8, 4) is 0 Å². The minimum Gasteiger partial charge on any atom is -0.394 e. The van der Waals surface area contributed by atoms with Gasteiger partial charge in [-0.05, 0) is 74.0 Å². The van der Waals surface area contributed by atoms with Crippen LogP contribution in [0.5, 0.6) is 0 Å². The molecule has 1 saturated carbocycles. The molecule has 1 aliphatic carbocycles. The van der Waals surface area contributed by atoms with E-state index < -0.39 is 36.3 Å². The minimum atomic E-state index is -0.717. The number of hydrogen-bond donors (Lipinski definition) is 5. The van der Waals surface area contributed by atoms with Crippen molar-refractivity contribution in [2.24, 2.45) is 23.7 Å². The van der Waals surface area contributed by atoms with Crippen LogP contribution in [-0.4, -0.2) is 121 Å². The Hall–Kier alpha value is -2.53. The van der Waals surface area contributed by atoms with Gasteiger partial charge in [-0.25, -0.2) is 0 Å². The quantitative estimate of drug-likeness (QED) is 0.0974. The van der Waals surface area contributed by atoms with Crippen LogP contribution in [0.3, 0.4) is 0 Å². The van der Waals surface area contributed by atoms with Crippen LogP contribution in [0.2, 0.25) is 0 Å². The van der Waals surface area contributed by atoms with Gasteiger partial charge in [-0.3, -0.25) is 19.2 Å². The van der Waals surface area contributed by atoms with E-state index in [4.69, 9.17) is 9.47 Å². The molecule has 5 N–H and O–H groups in total. The highest BCUT2D eigenvalue weighted by Crippen LogP contribution is 2.35. The number of likely N-dealkylation sites (tertiary alicyclic amines) is 1. The van der Waals surface area contributed by atoms with Crippen LogP contribution in [-0.2, 0) is 35.1 Å². The summed E-state index contributed by atoms with van der Waals surface area (Å²) in [5, 5.41) is 19.6. The van der Waals surface area contributed by atoms with Crippen molar-refractivity contribution in [1.82, 2.24) is 25.8 Å². The molecule has 2 bridgehead atoms. The van der Waals surface area contributed by atoms with Gasteiger partial charge in [0.15, 0.2) is 0 Å². The van der Waals surface area contributed by atoms with E-state index in [-0.39, 0.29) is 60.6 Å². The number of aliphatic hydroxyl groups is 1. The zero-order valence-corrected chi connectivity index (χ0v) is 35.6. The number of anilines is 1. The number of carbonyl (C=O) groups excluding carboxylic acids is 4. The summed E-state index contributed by atoms with van der Waals surface area (Å²) in [4.78, 5) is 58.9. The lowest BCUT2D eigenvalue weighted by atomic mass is 9.89. The summed E-state index contributed by atoms with van der Waals surface area (Å²) in [6, 6.07) is 5.97. The lowest BCUT2D eigenvalue weighted by Crippen LogP contribution is -2.60. The number of methoxy groups -OCH3 is 2. The number of nitrogens with one attached hydrogen (secondary N) is 4. The van der Waals surface area contributed by atoms with Crippen LogP contribution in [0.25, 0.3) is 0 Å². The van der Waals surface area contributed by atoms with Gasteiger partial charge in [0.1, 0.15) is 6.04 Å². The summed E-state index contributed by atoms with van der Waals surface area (Å²) >= 11 is 2.07. The number of benzene rings is 1. The summed E-state index contributed by atoms with van der Waals surface area (Å²) in [5.74, 6) is -1.13. The third kappa shape index (κ3) is 10.6. The maximum absolute atomic E-state index is 14.2. The van der Waals surface area contributed by atoms with E-state index in [1.807, 2.05) is 43.0 Å². The first-order valence-corrected chi connectivity index (χ1v) is 20.9. The first-order valence-electron chi connectivity index (χ1n) is 19.8. The molecular weight excluding hydrogens is 803 g/mol. The lowest BCUT2D eigenvalue weighted by Gasteiger charge is -2.41. The van der Waals surface area contributed by atoms with E-state index in [0.717, 1.165) is 43.4 Å². The van der Waals surface area contributed by atoms with Gasteiger partial charge < -0.3 is 43.9 Å². The van der Waals surface area contributed by atoms with Crippen LogP contribution in [0.4, 0.5) is 5.69 Å². The number of piperidine rings is 1. The number of rotatable bonds is 20. The fourth-order valence-electron chi connectivity index (χ4n) is 8.91. The molecule has 2 heterocycles. The van der Waals surface area contributed by atoms with E-state index in [0.29, 0.717) is 31.3 Å². The molecule has 2 aliphatic heterocycles. The third-order valence-corrected chi connectivity index (χ3v) is 12.9. The standard InChI is InChI=1S/C40H65IN6O7/c1-9-24(4)36(46(6)40(52)34(23(2)3)44-39(51)35-27-14-17-29(20-27)42-35)32(53-7)21-33(49)47-18-10-11-31(47)37(54-8)25(5)38(50)43-30(22-48)19-26-12-15-28(45-41)16-13-26/h12-13,15-16,23-25,27,29-32,34-37,42,45,48H,9-11,14,17-22H2,1-8H3,(H,43,50)(H,44,51)/t24?,25?,27?,29?,30-,31?,32?,34?,35?,36?,37?/m0/s1. The van der Waals surface area contributed by atoms with Gasteiger partial charge in [-0.1, -0.05) is 53.2 Å². The Labute approximate surface area is 336 Å². The highest BCUT2D eigenvalue weighted by atomic mass is 127. The van der Waals surface area contributed by atoms with Crippen LogP contribution >= 0.6 is 22.9 Å². The molecule has 4 rings (SSSR count). The van der Waals surface area contributed by atoms with Gasteiger partial charge in [0.05, 0.1) is 78.2 Å². The van der Waals surface area contributed by atoms with Crippen molar-refractivity contribution in [1.29, 1.82) is 0 Å². The Morgan fingerprint density at radius 3 is 2.28 bits per heavy atom. The van der Waals surface area contributed by atoms with E-state index in [2.05, 4.69) is 56.2 Å². The molecule has 13 nitrogen and oxygen atoms in total. The fraction of sp³-hybridized carbons (Fsp3) is 0.750. The average Bonchev–Trinajstić information content (AvgIpc) is 3.95. The summed E-state index contributed by atoms with van der Waals surface area (Å²) in [5.41, 5.74) is 1.95. The number of amides is 4. The maximum atomic E-state index is 14.2. The summed E-state index contributed by atoms with van der Waals surface area (Å²) in [6.07, 6.45) is 4.67. The number of fused-ring (bicyclic) bond motifs is 2. The zero-order chi connectivity index (χ0) is 39.7. The first-order chi connectivity index (χ1) is 25.8. The number of nitrogens with zero attached hydrogens (tertiary/aromatic N) is 2. The first kappa shape index (κ1) is 44.2. The van der Waals surface area contributed by atoms with Crippen LogP contribution in [0.1, 0.15) is 85.1 Å². The molecular formula is C40H65IN6O7. The summed E-state index contributed by atoms with van der Waals surface area (Å²) in [6.45, 7) is 10.1. The topological polar surface area (TPSA) is 162 Å². The Morgan fingerprint density at radius 2 is 1.74 bits per heavy atom. The predicted molar refractivity (Wildman–Crippen MR) is 218 cm³/mol. The third-order valence-electron chi connectivity index (χ3n) is 12.2. The molecule has 1 aromatic rings. The van der Waals surface area contributed by atoms with Crippen LogP contribution in [0, 0.1) is 23.7 Å². The van der Waals surface area contributed by atoms with Crippen molar-refractivity contribution in [2.45, 2.75) is 134 Å². The molecule has 11 atom stereocenters. The van der Waals surface area contributed by atoms with Crippen molar-refractivity contribution in [3.05, 3.63) is 29.8 Å². The number of ether oxygens (including phenoxy) is 2. The summed E-state index contributed by atoms with van der Waals surface area (Å²) < 4.78 is 15.0. The van der Waals surface area contributed by atoms with Gasteiger partial charge in [-0.2, -0.15) is 0 Å². The van der Waals surface area contributed by atoms with Crippen molar-refractivity contribution in [3.63, 3.8) is 0 Å². The largest absolute Gasteiger partial charge is 0.394 e. The highest BCUT2D eigenvalue weighted by molar-refractivity contribution is 14.1. The molecule has 3 aliphatic rings. The highest BCUT2D eigenvalue weighted by Gasteiger charge is 2.45. The average molecular weight is 869 g/mol. The number of carbonyl (C=O) groups is 4. The normalized spacial score (nSPS) is 24.7. The molecule has 304 valence electrons. The van der Waals surface area contributed by atoms with Gasteiger partial charge in [0.2, 0.25) is 23.6 Å². The molecule has 0 radical (unpaired) electrons. The number of hydrogen-bond acceptors (Lipinski definition) is 9. The second-order valence-electron chi connectivity index (χ2n) is 16.1. The molecule has 3 fully saturated rings. The van der Waals surface area contributed by atoms with E-state index in [9.17, 15) is 24.3 Å². The maximum Gasteiger partial charge on any atom is 0.245 e. The SMILES string of the molecule is CCC(C)C(C(CC(=O)N1CCCC1C(OC)C(C)C(=O)N[C@H](CO)Cc1ccc(NI)cc1)OC)N(C)C(=O)C(NC(=O)C1NC2CCC1C2)C(C)C. The molecule has 4 amide bonds. The lowest BCUT2D eigenvalue weighted by molar-refractivity contribution is -0.147. The molecule has 2 saturated heterocycles. The fourth-order valence-corrected chi connectivity index (χ4v) is 9.27. The van der Waals surface area contributed by atoms with Crippen LogP contribution < -0.4 is 19.5 Å². The smallest absolute Gasteiger partial charge is 0.245 e. The van der Waals surface area contributed by atoms with Gasteiger partial charge >= 0.3 is 0 Å². The monoisotopic (exact) mass is 868 g/mol. The number of halogens is 1.